The smallest absolute Gasteiger partial charge is 0.325 e. The minimum Gasteiger partial charge on any atom is -0.457 e. The van der Waals surface area contributed by atoms with Gasteiger partial charge in [0.25, 0.3) is 0 Å². The standard InChI is InChI=1S/C18H27NO3/c1-3-5-18(22-17(21)11-19-16(20)4-2)14-7-12-6-13(9-14)10-15(18)8-12/h4,12-15H,2-3,5-11H2,1H3,(H,19,20). The Balaban J connectivity index is 1.70. The van der Waals surface area contributed by atoms with Crippen molar-refractivity contribution in [2.75, 3.05) is 6.54 Å². The van der Waals surface area contributed by atoms with Crippen LogP contribution in [0.5, 0.6) is 0 Å². The van der Waals surface area contributed by atoms with Crippen molar-refractivity contribution in [1.29, 1.82) is 0 Å². The maximum Gasteiger partial charge on any atom is 0.325 e. The van der Waals surface area contributed by atoms with Gasteiger partial charge in [0.2, 0.25) is 5.91 Å². The normalized spacial score (nSPS) is 38.6. The summed E-state index contributed by atoms with van der Waals surface area (Å²) < 4.78 is 6.06. The van der Waals surface area contributed by atoms with E-state index >= 15 is 0 Å². The quantitative estimate of drug-likeness (QED) is 0.606. The number of amides is 1. The van der Waals surface area contributed by atoms with Gasteiger partial charge in [0.15, 0.2) is 0 Å². The molecule has 4 nitrogen and oxygen atoms in total. The van der Waals surface area contributed by atoms with Crippen LogP contribution in [0.2, 0.25) is 0 Å². The van der Waals surface area contributed by atoms with E-state index in [1.54, 1.807) is 0 Å². The molecule has 0 radical (unpaired) electrons. The number of hydrogen-bond acceptors (Lipinski definition) is 3. The molecule has 0 aliphatic heterocycles. The number of hydrogen-bond donors (Lipinski definition) is 1. The third kappa shape index (κ3) is 2.68. The fourth-order valence-electron chi connectivity index (χ4n) is 5.48. The molecule has 22 heavy (non-hydrogen) atoms. The Morgan fingerprint density at radius 3 is 2.27 bits per heavy atom. The molecule has 0 aromatic carbocycles. The van der Waals surface area contributed by atoms with Gasteiger partial charge in [-0.05, 0) is 68.3 Å². The van der Waals surface area contributed by atoms with Crippen molar-refractivity contribution in [3.05, 3.63) is 12.7 Å². The molecule has 1 amide bonds. The summed E-state index contributed by atoms with van der Waals surface area (Å²) in [5.74, 6) is 2.14. The summed E-state index contributed by atoms with van der Waals surface area (Å²) in [5.41, 5.74) is -0.266. The number of carbonyl (C=O) groups excluding carboxylic acids is 2. The molecule has 122 valence electrons. The van der Waals surface area contributed by atoms with Crippen LogP contribution < -0.4 is 5.32 Å². The largest absolute Gasteiger partial charge is 0.457 e. The fraction of sp³-hybridized carbons (Fsp3) is 0.778. The molecule has 4 heteroatoms. The number of carbonyl (C=O) groups is 2. The summed E-state index contributed by atoms with van der Waals surface area (Å²) in [5, 5.41) is 2.53. The molecule has 4 aliphatic rings. The first-order valence-corrected chi connectivity index (χ1v) is 8.69. The SMILES string of the molecule is C=CC(=O)NCC(=O)OC1(CCC)C2CC3CC(C2)CC1C3. The first kappa shape index (κ1) is 15.6. The van der Waals surface area contributed by atoms with Crippen molar-refractivity contribution in [2.24, 2.45) is 23.7 Å². The lowest BCUT2D eigenvalue weighted by Gasteiger charge is -2.60. The average Bonchev–Trinajstić information content (AvgIpc) is 2.49. The van der Waals surface area contributed by atoms with E-state index in [-0.39, 0.29) is 24.0 Å². The molecule has 4 saturated carbocycles. The molecular formula is C18H27NO3. The Morgan fingerprint density at radius 1 is 1.18 bits per heavy atom. The van der Waals surface area contributed by atoms with Gasteiger partial charge in [-0.1, -0.05) is 19.9 Å². The highest BCUT2D eigenvalue weighted by molar-refractivity contribution is 5.89. The molecule has 0 atom stereocenters. The lowest BCUT2D eigenvalue weighted by molar-refractivity contribution is -0.211. The third-order valence-corrected chi connectivity index (χ3v) is 6.06. The van der Waals surface area contributed by atoms with E-state index in [1.807, 2.05) is 0 Å². The Kier molecular flexibility index (Phi) is 4.28. The van der Waals surface area contributed by atoms with Crippen LogP contribution in [-0.2, 0) is 14.3 Å². The topological polar surface area (TPSA) is 55.4 Å². The van der Waals surface area contributed by atoms with Crippen LogP contribution >= 0.6 is 0 Å². The van der Waals surface area contributed by atoms with Crippen molar-refractivity contribution in [3.8, 4) is 0 Å². The van der Waals surface area contributed by atoms with Gasteiger partial charge in [0.1, 0.15) is 12.1 Å². The Bertz CT molecular complexity index is 443. The monoisotopic (exact) mass is 305 g/mol. The zero-order valence-electron chi connectivity index (χ0n) is 13.5. The van der Waals surface area contributed by atoms with Crippen molar-refractivity contribution in [2.45, 2.75) is 57.5 Å². The van der Waals surface area contributed by atoms with Crippen molar-refractivity contribution >= 4 is 11.9 Å². The first-order valence-electron chi connectivity index (χ1n) is 8.69. The lowest BCUT2D eigenvalue weighted by atomic mass is 9.49. The van der Waals surface area contributed by atoms with E-state index in [0.29, 0.717) is 11.8 Å². The van der Waals surface area contributed by atoms with Gasteiger partial charge in [-0.2, -0.15) is 0 Å². The van der Waals surface area contributed by atoms with E-state index in [2.05, 4.69) is 18.8 Å². The molecule has 0 saturated heterocycles. The Morgan fingerprint density at radius 2 is 1.77 bits per heavy atom. The molecule has 0 aromatic heterocycles. The van der Waals surface area contributed by atoms with Crippen molar-refractivity contribution in [3.63, 3.8) is 0 Å². The molecule has 4 bridgehead atoms. The van der Waals surface area contributed by atoms with Gasteiger partial charge in [-0.25, -0.2) is 0 Å². The number of ether oxygens (including phenoxy) is 1. The minimum atomic E-state index is -0.327. The maximum atomic E-state index is 12.3. The minimum absolute atomic E-state index is 0.0530. The van der Waals surface area contributed by atoms with E-state index in [9.17, 15) is 9.59 Å². The lowest BCUT2D eigenvalue weighted by Crippen LogP contribution is -2.60. The molecule has 0 aromatic rings. The van der Waals surface area contributed by atoms with Crippen molar-refractivity contribution < 1.29 is 14.3 Å². The average molecular weight is 305 g/mol. The van der Waals surface area contributed by atoms with E-state index in [4.69, 9.17) is 4.74 Å². The summed E-state index contributed by atoms with van der Waals surface area (Å²) in [6.07, 6.45) is 9.45. The predicted molar refractivity (Wildman–Crippen MR) is 84.0 cm³/mol. The second-order valence-corrected chi connectivity index (χ2v) is 7.41. The molecule has 0 heterocycles. The van der Waals surface area contributed by atoms with E-state index < -0.39 is 0 Å². The second-order valence-electron chi connectivity index (χ2n) is 7.41. The van der Waals surface area contributed by atoms with Gasteiger partial charge in [0, 0.05) is 0 Å². The van der Waals surface area contributed by atoms with Gasteiger partial charge in [0.05, 0.1) is 0 Å². The fourth-order valence-corrected chi connectivity index (χ4v) is 5.48. The molecule has 1 N–H and O–H groups in total. The summed E-state index contributed by atoms with van der Waals surface area (Å²) in [4.78, 5) is 23.5. The maximum absolute atomic E-state index is 12.3. The van der Waals surface area contributed by atoms with Crippen LogP contribution in [0.3, 0.4) is 0 Å². The number of esters is 1. The highest BCUT2D eigenvalue weighted by Crippen LogP contribution is 2.60. The molecular weight excluding hydrogens is 278 g/mol. The number of nitrogens with one attached hydrogen (secondary N) is 1. The zero-order chi connectivity index (χ0) is 15.7. The molecule has 0 unspecified atom stereocenters. The van der Waals surface area contributed by atoms with Crippen LogP contribution in [0.25, 0.3) is 0 Å². The first-order chi connectivity index (χ1) is 10.6. The Labute approximate surface area is 132 Å². The summed E-state index contributed by atoms with van der Waals surface area (Å²) in [6, 6.07) is 0. The van der Waals surface area contributed by atoms with Gasteiger partial charge in [-0.3, -0.25) is 9.59 Å². The molecule has 4 aliphatic carbocycles. The second kappa shape index (κ2) is 6.05. The van der Waals surface area contributed by atoms with Gasteiger partial charge >= 0.3 is 5.97 Å². The zero-order valence-corrected chi connectivity index (χ0v) is 13.5. The molecule has 4 rings (SSSR count). The van der Waals surface area contributed by atoms with E-state index in [0.717, 1.165) is 24.7 Å². The van der Waals surface area contributed by atoms with Crippen LogP contribution in [0.15, 0.2) is 12.7 Å². The highest BCUT2D eigenvalue weighted by atomic mass is 16.6. The third-order valence-electron chi connectivity index (χ3n) is 6.06. The number of rotatable bonds is 6. The molecule has 0 spiro atoms. The Hall–Kier alpha value is -1.32. The predicted octanol–water partition coefficient (Wildman–Crippen LogP) is 2.83. The van der Waals surface area contributed by atoms with Gasteiger partial charge < -0.3 is 10.1 Å². The van der Waals surface area contributed by atoms with Crippen LogP contribution in [0, 0.1) is 23.7 Å². The van der Waals surface area contributed by atoms with Gasteiger partial charge in [-0.15, -0.1) is 0 Å². The van der Waals surface area contributed by atoms with Crippen molar-refractivity contribution in [1.82, 2.24) is 5.32 Å². The highest BCUT2D eigenvalue weighted by Gasteiger charge is 2.58. The summed E-state index contributed by atoms with van der Waals surface area (Å²) >= 11 is 0. The van der Waals surface area contributed by atoms with Crippen LogP contribution in [0.4, 0.5) is 0 Å². The molecule has 4 fully saturated rings. The van der Waals surface area contributed by atoms with Crippen LogP contribution in [0.1, 0.15) is 51.9 Å². The van der Waals surface area contributed by atoms with E-state index in [1.165, 1.54) is 38.2 Å². The van der Waals surface area contributed by atoms with Crippen LogP contribution in [-0.4, -0.2) is 24.0 Å². The summed E-state index contributed by atoms with van der Waals surface area (Å²) in [7, 11) is 0. The summed E-state index contributed by atoms with van der Waals surface area (Å²) in [6.45, 7) is 5.51.